The number of nitrogens with zero attached hydrogens (tertiary/aromatic N) is 2. The first-order valence-corrected chi connectivity index (χ1v) is 9.43. The maximum absolute atomic E-state index is 13.7. The van der Waals surface area contributed by atoms with Crippen LogP contribution in [0.25, 0.3) is 0 Å². The van der Waals surface area contributed by atoms with Crippen LogP contribution in [0.4, 0.5) is 5.69 Å². The minimum absolute atomic E-state index is 0.220. The van der Waals surface area contributed by atoms with Crippen LogP contribution in [0.3, 0.4) is 0 Å². The normalized spacial score (nSPS) is 43.5. The van der Waals surface area contributed by atoms with E-state index in [0.717, 1.165) is 36.4 Å². The summed E-state index contributed by atoms with van der Waals surface area (Å²) >= 11 is 0. The number of amides is 3. The van der Waals surface area contributed by atoms with Crippen molar-refractivity contribution >= 4 is 23.4 Å². The SMILES string of the molecule is [2H]C([2H])(Nc1cccc2c1C([2H])([2H])N(C1([2H])C(=O)NC(=O)C([2H])([2H])C1([2H])[2H])C2=O)c1ccccc1C([2H])([2H])N1C([2H])([2H])C([2H])([2H])OC([2H])([2H])C1([2H])[2H]. The zero-order valence-electron chi connectivity index (χ0n) is 35.6. The summed E-state index contributed by atoms with van der Waals surface area (Å²) in [4.78, 5) is 38.3. The Bertz CT molecular complexity index is 1860. The minimum atomic E-state index is -3.86. The van der Waals surface area contributed by atoms with Crippen LogP contribution < -0.4 is 10.6 Å². The first-order chi connectivity index (χ1) is 23.2. The molecule has 3 aliphatic heterocycles. The van der Waals surface area contributed by atoms with Gasteiger partial charge < -0.3 is 15.0 Å². The molecule has 2 fully saturated rings. The number of benzene rings is 2. The molecule has 8 nitrogen and oxygen atoms in total. The third kappa shape index (κ3) is 4.49. The molecule has 0 aromatic heterocycles. The Morgan fingerprint density at radius 2 is 1.91 bits per heavy atom. The van der Waals surface area contributed by atoms with Crippen molar-refractivity contribution in [3.05, 3.63) is 64.7 Å². The number of carbonyl (C=O) groups is 3. The Kier molecular flexibility index (Phi) is 2.50. The van der Waals surface area contributed by atoms with Crippen molar-refractivity contribution in [3.8, 4) is 0 Å². The van der Waals surface area contributed by atoms with Gasteiger partial charge in [-0.25, -0.2) is 0 Å². The summed E-state index contributed by atoms with van der Waals surface area (Å²) in [5.74, 6) is -5.18. The fourth-order valence-electron chi connectivity index (χ4n) is 3.11. The lowest BCUT2D eigenvalue weighted by Crippen LogP contribution is -2.52. The van der Waals surface area contributed by atoms with Crippen molar-refractivity contribution in [2.75, 3.05) is 31.4 Å². The Balaban J connectivity index is 1.63. The molecule has 3 aliphatic rings. The van der Waals surface area contributed by atoms with Gasteiger partial charge in [0.15, 0.2) is 0 Å². The number of nitrogens with one attached hydrogen (secondary N) is 2. The Morgan fingerprint density at radius 1 is 1.12 bits per heavy atom. The number of morpholine rings is 1. The van der Waals surface area contributed by atoms with Gasteiger partial charge in [-0.05, 0) is 29.6 Å². The third-order valence-corrected chi connectivity index (χ3v) is 4.59. The van der Waals surface area contributed by atoms with Gasteiger partial charge in [0.2, 0.25) is 11.8 Å². The zero-order valence-corrected chi connectivity index (χ0v) is 16.6. The summed E-state index contributed by atoms with van der Waals surface area (Å²) in [6, 6.07) is 3.46. The predicted molar refractivity (Wildman–Crippen MR) is 122 cm³/mol. The average Bonchev–Trinajstić information content (AvgIpc) is 3.19. The smallest absolute Gasteiger partial charge is 0.255 e. The molecular weight excluding hydrogens is 420 g/mol. The second kappa shape index (κ2) is 9.33. The van der Waals surface area contributed by atoms with E-state index in [-0.39, 0.29) is 4.90 Å². The first kappa shape index (κ1) is 8.85. The average molecular weight is 468 g/mol. The van der Waals surface area contributed by atoms with E-state index in [0.29, 0.717) is 0 Å². The fourth-order valence-corrected chi connectivity index (χ4v) is 3.11. The summed E-state index contributed by atoms with van der Waals surface area (Å²) in [6.07, 6.45) is -7.50. The number of ether oxygens (including phenoxy) is 1. The van der Waals surface area contributed by atoms with Gasteiger partial charge in [0.25, 0.3) is 5.91 Å². The molecule has 3 amide bonds. The summed E-state index contributed by atoms with van der Waals surface area (Å²) in [7, 11) is 0. The number of imide groups is 1. The van der Waals surface area contributed by atoms with Crippen LogP contribution >= 0.6 is 0 Å². The fraction of sp³-hybridized carbons (Fsp3) is 0.400. The topological polar surface area (TPSA) is 91.0 Å². The minimum Gasteiger partial charge on any atom is -0.381 e. The standard InChI is InChI=1S/C25H28N4O4/c30-23-9-8-22(24(31)27-23)29-16-20-19(25(29)32)6-3-7-21(20)26-14-17-4-1-2-5-18(17)15-28-10-12-33-13-11-28/h1-7,22,26H,8-16H2,(H,27,30,31)/i8D2,9D2,10D2,11D2,12D2,13D2,14D2,15D2,16D2,22D. The van der Waals surface area contributed by atoms with Gasteiger partial charge >= 0.3 is 0 Å². The summed E-state index contributed by atoms with van der Waals surface area (Å²) < 4.78 is 164. The second-order valence-electron chi connectivity index (χ2n) is 6.63. The molecular formula is C25H28N4O4. The van der Waals surface area contributed by atoms with E-state index in [9.17, 15) is 14.4 Å². The third-order valence-electron chi connectivity index (χ3n) is 4.59. The predicted octanol–water partition coefficient (Wildman–Crippen LogP) is 1.89. The van der Waals surface area contributed by atoms with E-state index in [2.05, 4.69) is 10.1 Å². The highest BCUT2D eigenvalue weighted by atomic mass is 16.5. The van der Waals surface area contributed by atoms with Crippen molar-refractivity contribution < 1.29 is 45.2 Å². The maximum atomic E-state index is 13.7. The molecule has 5 rings (SSSR count). The second-order valence-corrected chi connectivity index (χ2v) is 6.63. The largest absolute Gasteiger partial charge is 0.381 e. The van der Waals surface area contributed by atoms with Crippen molar-refractivity contribution in [1.29, 1.82) is 0 Å². The molecule has 0 bridgehead atoms. The van der Waals surface area contributed by atoms with Crippen LogP contribution in [0.1, 0.15) is 65.8 Å². The van der Waals surface area contributed by atoms with Crippen molar-refractivity contribution in [1.82, 2.24) is 15.1 Å². The molecule has 3 heterocycles. The maximum Gasteiger partial charge on any atom is 0.255 e. The molecule has 2 saturated heterocycles. The number of anilines is 1. The van der Waals surface area contributed by atoms with Gasteiger partial charge in [0.05, 0.1) is 25.5 Å². The molecule has 0 spiro atoms. The van der Waals surface area contributed by atoms with E-state index in [1.807, 2.05) is 0 Å². The molecule has 8 heteroatoms. The molecule has 33 heavy (non-hydrogen) atoms. The van der Waals surface area contributed by atoms with Crippen LogP contribution in [0.5, 0.6) is 0 Å². The van der Waals surface area contributed by atoms with Crippen LogP contribution in [-0.2, 0) is 33.8 Å². The van der Waals surface area contributed by atoms with E-state index in [1.54, 1.807) is 0 Å². The number of rotatable bonds is 6. The molecule has 172 valence electrons. The highest BCUT2D eigenvalue weighted by Crippen LogP contribution is 2.32. The Morgan fingerprint density at radius 3 is 2.73 bits per heavy atom. The number of carbonyl (C=O) groups excluding carboxylic acids is 3. The van der Waals surface area contributed by atoms with Crippen LogP contribution in [0.15, 0.2) is 42.5 Å². The molecule has 0 aliphatic carbocycles. The van der Waals surface area contributed by atoms with Gasteiger partial charge in [-0.15, -0.1) is 0 Å². The van der Waals surface area contributed by atoms with Gasteiger partial charge in [-0.3, -0.25) is 24.6 Å². The highest BCUT2D eigenvalue weighted by Gasteiger charge is 2.39. The van der Waals surface area contributed by atoms with Crippen molar-refractivity contribution in [2.24, 2.45) is 0 Å². The summed E-state index contributed by atoms with van der Waals surface area (Å²) in [5.41, 5.74) is -3.67. The number of hydrogen-bond donors (Lipinski definition) is 2. The van der Waals surface area contributed by atoms with Crippen LogP contribution in [0.2, 0.25) is 0 Å². The van der Waals surface area contributed by atoms with E-state index in [1.165, 1.54) is 11.4 Å². The van der Waals surface area contributed by atoms with Crippen LogP contribution in [-0.4, -0.2) is 59.7 Å². The lowest BCUT2D eigenvalue weighted by atomic mass is 10.0. The lowest BCUT2D eigenvalue weighted by Gasteiger charge is -2.29. The highest BCUT2D eigenvalue weighted by molar-refractivity contribution is 6.06. The van der Waals surface area contributed by atoms with E-state index < -0.39 is 115 Å². The van der Waals surface area contributed by atoms with Crippen molar-refractivity contribution in [2.45, 2.75) is 38.3 Å². The summed E-state index contributed by atoms with van der Waals surface area (Å²) in [5, 5.41) is 3.73. The van der Waals surface area contributed by atoms with Crippen LogP contribution in [0, 0.1) is 0 Å². The quantitative estimate of drug-likeness (QED) is 0.631. The molecule has 2 aromatic carbocycles. The monoisotopic (exact) mass is 467 g/mol. The summed E-state index contributed by atoms with van der Waals surface area (Å²) in [6.45, 7) is -24.9. The van der Waals surface area contributed by atoms with Gasteiger partial charge in [-0.2, -0.15) is 0 Å². The Hall–Kier alpha value is -3.23. The Labute approximate surface area is 219 Å². The molecule has 2 N–H and O–H groups in total. The van der Waals surface area contributed by atoms with Crippen molar-refractivity contribution in [3.63, 3.8) is 0 Å². The number of fused-ring (bicyclic) bond motifs is 1. The van der Waals surface area contributed by atoms with Gasteiger partial charge in [0, 0.05) is 69.4 Å². The number of hydrogen-bond acceptors (Lipinski definition) is 6. The molecule has 1 unspecified atom stereocenters. The molecule has 0 saturated carbocycles. The molecule has 0 radical (unpaired) electrons. The van der Waals surface area contributed by atoms with Gasteiger partial charge in [0.1, 0.15) is 6.02 Å². The number of piperidine rings is 1. The molecule has 2 aromatic rings. The van der Waals surface area contributed by atoms with Gasteiger partial charge in [-0.1, -0.05) is 30.3 Å². The lowest BCUT2D eigenvalue weighted by molar-refractivity contribution is -0.136. The van der Waals surface area contributed by atoms with E-state index >= 15 is 0 Å². The van der Waals surface area contributed by atoms with E-state index in [4.69, 9.17) is 26.0 Å². The molecule has 1 atom stereocenters. The first-order valence-electron chi connectivity index (χ1n) is 18.9. The zero-order chi connectivity index (χ0) is 39.8.